The lowest BCUT2D eigenvalue weighted by Crippen LogP contribution is -2.38. The van der Waals surface area contributed by atoms with Crippen molar-refractivity contribution < 1.29 is 102 Å². The number of alkyl halides is 10. The molecule has 5 rings (SSSR count). The van der Waals surface area contributed by atoms with Crippen LogP contribution in [0.25, 0.3) is 12.2 Å². The first kappa shape index (κ1) is 59.8. The molecule has 0 amide bonds. The normalized spacial score (nSPS) is 13.4. The van der Waals surface area contributed by atoms with Crippen LogP contribution in [-0.2, 0) is 9.59 Å². The first-order valence-corrected chi connectivity index (χ1v) is 22.7. The number of ketones is 2. The summed E-state index contributed by atoms with van der Waals surface area (Å²) in [4.78, 5) is 53.0. The molecule has 0 aliphatic rings. The van der Waals surface area contributed by atoms with E-state index in [1.807, 2.05) is 0 Å². The Balaban J connectivity index is 1.21. The molecule has 0 spiro atoms. The third-order valence-corrected chi connectivity index (χ3v) is 11.1. The van der Waals surface area contributed by atoms with E-state index in [1.54, 1.807) is 0 Å². The average Bonchev–Trinajstić information content (AvgIpc) is 3.37. The number of carbonyl (C=O) groups is 4. The molecule has 2 atom stereocenters. The maximum absolute atomic E-state index is 13.6. The Morgan fingerprint density at radius 1 is 0.519 bits per heavy atom. The summed E-state index contributed by atoms with van der Waals surface area (Å²) in [7, 11) is 2.51. The minimum Gasteiger partial charge on any atom is -0.494 e. The van der Waals surface area contributed by atoms with Crippen molar-refractivity contribution in [2.24, 2.45) is 0 Å². The zero-order valence-electron chi connectivity index (χ0n) is 40.5. The number of carbonyl (C=O) groups excluding carboxylic acids is 4. The highest BCUT2D eigenvalue weighted by molar-refractivity contribution is 6.01. The molecular weight excluding hydrogens is 1050 g/mol. The second kappa shape index (κ2) is 25.6. The van der Waals surface area contributed by atoms with Crippen molar-refractivity contribution in [2.75, 3.05) is 38.9 Å². The molecule has 5 aromatic rings. The molecule has 412 valence electrons. The molecule has 24 heteroatoms. The molecule has 0 aliphatic heterocycles. The molecule has 0 saturated carbocycles. The number of hydrogen-bond acceptors (Lipinski definition) is 14. The van der Waals surface area contributed by atoms with E-state index in [0.717, 1.165) is 12.2 Å². The van der Waals surface area contributed by atoms with Crippen LogP contribution in [-0.4, -0.2) is 97.6 Å². The Labute approximate surface area is 432 Å². The van der Waals surface area contributed by atoms with Gasteiger partial charge in [-0.1, -0.05) is 24.3 Å². The third-order valence-electron chi connectivity index (χ3n) is 11.1. The lowest BCUT2D eigenvalue weighted by Gasteiger charge is -2.26. The number of nitrogens with two attached hydrogens (primary N) is 2. The van der Waals surface area contributed by atoms with Crippen molar-refractivity contribution in [2.45, 2.75) is 68.0 Å². The van der Waals surface area contributed by atoms with E-state index in [1.165, 1.54) is 129 Å². The van der Waals surface area contributed by atoms with Gasteiger partial charge >= 0.3 is 36.1 Å². The van der Waals surface area contributed by atoms with Crippen molar-refractivity contribution in [3.05, 3.63) is 143 Å². The minimum atomic E-state index is -5.68. The zero-order valence-corrected chi connectivity index (χ0v) is 40.5. The topological polar surface area (TPSA) is 216 Å². The summed E-state index contributed by atoms with van der Waals surface area (Å²) in [6.07, 6.45) is -15.2. The van der Waals surface area contributed by atoms with E-state index < -0.39 is 105 Å². The Kier molecular flexibility index (Phi) is 19.9. The molecule has 0 saturated heterocycles. The molecule has 5 aromatic carbocycles. The van der Waals surface area contributed by atoms with E-state index in [2.05, 4.69) is 0 Å². The molecule has 14 nitrogen and oxygen atoms in total. The van der Waals surface area contributed by atoms with E-state index in [0.29, 0.717) is 0 Å². The van der Waals surface area contributed by atoms with Gasteiger partial charge in [0.05, 0.1) is 44.5 Å². The largest absolute Gasteiger partial charge is 0.494 e. The van der Waals surface area contributed by atoms with Gasteiger partial charge in [-0.05, 0) is 133 Å². The zero-order chi connectivity index (χ0) is 56.9. The van der Waals surface area contributed by atoms with Gasteiger partial charge in [0.2, 0.25) is 0 Å². The highest BCUT2D eigenvalue weighted by Crippen LogP contribution is 2.40. The van der Waals surface area contributed by atoms with Crippen molar-refractivity contribution in [3.63, 3.8) is 0 Å². The van der Waals surface area contributed by atoms with Gasteiger partial charge < -0.3 is 50.1 Å². The summed E-state index contributed by atoms with van der Waals surface area (Å²) in [5, 5.41) is 22.9. The summed E-state index contributed by atoms with van der Waals surface area (Å²) in [5.74, 6) is -15.0. The highest BCUT2D eigenvalue weighted by Gasteiger charge is 2.57. The van der Waals surface area contributed by atoms with Crippen LogP contribution in [0.3, 0.4) is 0 Å². The predicted molar refractivity (Wildman–Crippen MR) is 258 cm³/mol. The van der Waals surface area contributed by atoms with Crippen LogP contribution in [0.15, 0.2) is 115 Å². The molecule has 0 radical (unpaired) electrons. The van der Waals surface area contributed by atoms with Gasteiger partial charge in [0, 0.05) is 24.2 Å². The first-order chi connectivity index (χ1) is 36.1. The predicted octanol–water partition coefficient (Wildman–Crippen LogP) is 10.4. The average molecular weight is 1090 g/mol. The number of aliphatic hydroxyl groups excluding tert-OH is 2. The Morgan fingerprint density at radius 2 is 0.883 bits per heavy atom. The lowest BCUT2D eigenvalue weighted by atomic mass is 9.83. The number of ether oxygens (including phenoxy) is 6. The fraction of sp³-hybridized carbons (Fsp3) is 0.283. The van der Waals surface area contributed by atoms with Crippen LogP contribution in [0.1, 0.15) is 69.0 Å². The van der Waals surface area contributed by atoms with Crippen molar-refractivity contribution in [3.8, 4) is 34.5 Å². The van der Waals surface area contributed by atoms with Crippen LogP contribution in [0.2, 0.25) is 0 Å². The number of methoxy groups -OCH3 is 2. The van der Waals surface area contributed by atoms with Crippen LogP contribution in [0.5, 0.6) is 34.5 Å². The number of anilines is 2. The lowest BCUT2D eigenvalue weighted by molar-refractivity contribution is -0.284. The molecule has 77 heavy (non-hydrogen) atoms. The molecule has 0 heterocycles. The van der Waals surface area contributed by atoms with Crippen LogP contribution < -0.4 is 39.9 Å². The van der Waals surface area contributed by atoms with Gasteiger partial charge in [-0.15, -0.1) is 0 Å². The molecule has 0 aromatic heterocycles. The second-order valence-corrected chi connectivity index (χ2v) is 16.8. The van der Waals surface area contributed by atoms with Gasteiger partial charge in [0.25, 0.3) is 0 Å². The van der Waals surface area contributed by atoms with Crippen molar-refractivity contribution in [1.29, 1.82) is 0 Å². The number of benzene rings is 5. The van der Waals surface area contributed by atoms with Crippen LogP contribution >= 0.6 is 0 Å². The maximum Gasteiger partial charge on any atom is 0.453 e. The van der Waals surface area contributed by atoms with E-state index >= 15 is 0 Å². The molecular formula is C53H48F10N2O12. The summed E-state index contributed by atoms with van der Waals surface area (Å²) in [5.41, 5.74) is 12.7. The molecule has 0 aliphatic carbocycles. The Hall–Kier alpha value is -8.12. The maximum atomic E-state index is 13.6. The van der Waals surface area contributed by atoms with Gasteiger partial charge in [0.15, 0.2) is 34.6 Å². The second-order valence-electron chi connectivity index (χ2n) is 16.8. The number of aliphatic hydroxyl groups is 2. The third kappa shape index (κ3) is 16.4. The van der Waals surface area contributed by atoms with Gasteiger partial charge in [-0.2, -0.15) is 43.9 Å². The summed E-state index contributed by atoms with van der Waals surface area (Å²) in [6, 6.07) is 22.4. The van der Waals surface area contributed by atoms with E-state index in [-0.39, 0.29) is 73.7 Å². The standard InChI is InChI=1S/C53H48F10N2O12/c1-72-43-25-30(7-19-41(43)76-48(70)32-9-13-37(14-10-32)74-23-3-21-50(54,55)52(58,59)60)5-17-39(66)46(68)45(34-27-35(64)29-36(65)28-34)47(69)40(67)18-6-31-8-20-42(44(26-31)73-2)77-49(71)33-11-15-38(16-12-33)75-24-4-22-51(56,57)53(61,62)63/h5-20,25-29,45-47,68-69H,3-4,21-24,64-65H2,1-2H3/b17-5+,18-6+. The fourth-order valence-electron chi connectivity index (χ4n) is 7.03. The van der Waals surface area contributed by atoms with Gasteiger partial charge in [-0.25, -0.2) is 9.59 Å². The van der Waals surface area contributed by atoms with Crippen molar-refractivity contribution in [1.82, 2.24) is 0 Å². The Morgan fingerprint density at radius 3 is 1.22 bits per heavy atom. The molecule has 2 unspecified atom stereocenters. The SMILES string of the molecule is COc1cc(/C=C/C(=O)C(O)C(c2cc(N)cc(N)c2)C(O)C(=O)/C=C/c2ccc(OC(=O)c3ccc(OCCCC(F)(F)C(F)(F)F)cc3)c(OC)c2)ccc1OC(=O)c1ccc(OCCCC(F)(F)C(F)(F)F)cc1. The summed E-state index contributed by atoms with van der Waals surface area (Å²) in [6.45, 7) is -0.905. The molecule has 0 bridgehead atoms. The van der Waals surface area contributed by atoms with E-state index in [9.17, 15) is 73.3 Å². The molecule has 6 N–H and O–H groups in total. The van der Waals surface area contributed by atoms with Crippen LogP contribution in [0, 0.1) is 0 Å². The van der Waals surface area contributed by atoms with E-state index in [4.69, 9.17) is 39.9 Å². The number of esters is 2. The summed E-state index contributed by atoms with van der Waals surface area (Å²) >= 11 is 0. The van der Waals surface area contributed by atoms with Crippen LogP contribution in [0.4, 0.5) is 55.3 Å². The number of halogens is 10. The number of hydrogen-bond donors (Lipinski definition) is 4. The minimum absolute atomic E-state index is 0.000689. The Bertz CT molecular complexity index is 2740. The quantitative estimate of drug-likeness (QED) is 0.0107. The highest BCUT2D eigenvalue weighted by atomic mass is 19.4. The smallest absolute Gasteiger partial charge is 0.453 e. The number of rotatable bonds is 25. The first-order valence-electron chi connectivity index (χ1n) is 22.7. The fourth-order valence-corrected chi connectivity index (χ4v) is 7.03. The number of nitrogen functional groups attached to an aromatic ring is 2. The van der Waals surface area contributed by atoms with Crippen molar-refractivity contribution >= 4 is 47.0 Å². The monoisotopic (exact) mass is 1090 g/mol. The summed E-state index contributed by atoms with van der Waals surface area (Å²) < 4.78 is 159. The van der Waals surface area contributed by atoms with Gasteiger partial charge in [0.1, 0.15) is 23.7 Å². The molecule has 0 fully saturated rings. The van der Waals surface area contributed by atoms with Gasteiger partial charge in [-0.3, -0.25) is 9.59 Å².